The summed E-state index contributed by atoms with van der Waals surface area (Å²) >= 11 is 0. The van der Waals surface area contributed by atoms with Gasteiger partial charge in [0.2, 0.25) is 0 Å². The summed E-state index contributed by atoms with van der Waals surface area (Å²) in [6, 6.07) is 0. The van der Waals surface area contributed by atoms with Crippen LogP contribution in [-0.2, 0) is 9.78 Å². The standard InChI is InChI=1S/C8H18O2.C6H12/c1-3-5-7-9-10-8-6-4-2;1-3-5-6-4-2/h3-8H2,1-2H3;3H,1,4-6H2,2H3. The highest BCUT2D eigenvalue weighted by molar-refractivity contribution is 4.64. The molecule has 2 nitrogen and oxygen atoms in total. The van der Waals surface area contributed by atoms with E-state index in [9.17, 15) is 0 Å². The first-order chi connectivity index (χ1) is 7.83. The highest BCUT2D eigenvalue weighted by Crippen LogP contribution is 1.92. The van der Waals surface area contributed by atoms with Gasteiger partial charge < -0.3 is 0 Å². The summed E-state index contributed by atoms with van der Waals surface area (Å²) in [7, 11) is 0. The molecule has 2 heteroatoms. The van der Waals surface area contributed by atoms with Gasteiger partial charge in [0.05, 0.1) is 13.2 Å². The van der Waals surface area contributed by atoms with E-state index in [-0.39, 0.29) is 0 Å². The molecule has 16 heavy (non-hydrogen) atoms. The Kier molecular flexibility index (Phi) is 22.7. The zero-order valence-corrected chi connectivity index (χ0v) is 11.5. The molecular weight excluding hydrogens is 200 g/mol. The van der Waals surface area contributed by atoms with Crippen LogP contribution >= 0.6 is 0 Å². The normalized spacial score (nSPS) is 9.44. The molecule has 0 atom stereocenters. The van der Waals surface area contributed by atoms with E-state index in [1.54, 1.807) is 0 Å². The van der Waals surface area contributed by atoms with Gasteiger partial charge in [0.15, 0.2) is 0 Å². The van der Waals surface area contributed by atoms with Gasteiger partial charge in [-0.05, 0) is 19.3 Å². The van der Waals surface area contributed by atoms with Crippen molar-refractivity contribution < 1.29 is 9.78 Å². The van der Waals surface area contributed by atoms with Crippen LogP contribution in [0.4, 0.5) is 0 Å². The van der Waals surface area contributed by atoms with E-state index in [1.807, 2.05) is 6.08 Å². The number of hydrogen-bond donors (Lipinski definition) is 0. The molecule has 0 aliphatic carbocycles. The number of hydrogen-bond acceptors (Lipinski definition) is 2. The Bertz CT molecular complexity index is 105. The number of allylic oxidation sites excluding steroid dienone is 1. The molecule has 98 valence electrons. The molecule has 0 fully saturated rings. The third kappa shape index (κ3) is 23.5. The Morgan fingerprint density at radius 1 is 0.812 bits per heavy atom. The first-order valence-electron chi connectivity index (χ1n) is 6.68. The first-order valence-corrected chi connectivity index (χ1v) is 6.68. The molecule has 0 saturated heterocycles. The number of unbranched alkanes of at least 4 members (excludes halogenated alkanes) is 4. The van der Waals surface area contributed by atoms with Crippen LogP contribution in [0.3, 0.4) is 0 Å². The maximum Gasteiger partial charge on any atom is 0.0822 e. The molecule has 0 heterocycles. The van der Waals surface area contributed by atoms with Crippen LogP contribution in [0.2, 0.25) is 0 Å². The van der Waals surface area contributed by atoms with Gasteiger partial charge in [-0.1, -0.05) is 52.5 Å². The molecule has 0 bridgehead atoms. The minimum Gasteiger partial charge on any atom is -0.237 e. The van der Waals surface area contributed by atoms with Gasteiger partial charge in [-0.25, -0.2) is 9.78 Å². The summed E-state index contributed by atoms with van der Waals surface area (Å²) in [5, 5.41) is 0. The highest BCUT2D eigenvalue weighted by atomic mass is 17.2. The van der Waals surface area contributed by atoms with Crippen LogP contribution in [-0.4, -0.2) is 13.2 Å². The molecular formula is C14H30O2. The van der Waals surface area contributed by atoms with Crippen LogP contribution in [0.15, 0.2) is 12.7 Å². The van der Waals surface area contributed by atoms with Crippen molar-refractivity contribution in [3.05, 3.63) is 12.7 Å². The Balaban J connectivity index is 0. The molecule has 0 unspecified atom stereocenters. The molecule has 0 saturated carbocycles. The maximum absolute atomic E-state index is 4.88. The molecule has 0 N–H and O–H groups in total. The van der Waals surface area contributed by atoms with Crippen molar-refractivity contribution in [1.29, 1.82) is 0 Å². The Morgan fingerprint density at radius 2 is 1.25 bits per heavy atom. The molecule has 0 aromatic carbocycles. The van der Waals surface area contributed by atoms with Gasteiger partial charge in [0, 0.05) is 0 Å². The third-order valence-corrected chi connectivity index (χ3v) is 2.01. The van der Waals surface area contributed by atoms with Crippen molar-refractivity contribution in [2.75, 3.05) is 13.2 Å². The van der Waals surface area contributed by atoms with Crippen molar-refractivity contribution in [3.63, 3.8) is 0 Å². The second-order valence-corrected chi connectivity index (χ2v) is 3.78. The van der Waals surface area contributed by atoms with E-state index in [4.69, 9.17) is 9.78 Å². The lowest BCUT2D eigenvalue weighted by molar-refractivity contribution is -0.295. The average molecular weight is 230 g/mol. The quantitative estimate of drug-likeness (QED) is 0.230. The fourth-order valence-corrected chi connectivity index (χ4v) is 0.873. The summed E-state index contributed by atoms with van der Waals surface area (Å²) < 4.78 is 0. The molecule has 0 amide bonds. The van der Waals surface area contributed by atoms with E-state index in [1.165, 1.54) is 19.3 Å². The van der Waals surface area contributed by atoms with Gasteiger partial charge in [0.25, 0.3) is 0 Å². The minimum absolute atomic E-state index is 0.736. The van der Waals surface area contributed by atoms with Crippen LogP contribution in [0.25, 0.3) is 0 Å². The van der Waals surface area contributed by atoms with Crippen LogP contribution in [0.5, 0.6) is 0 Å². The SMILES string of the molecule is C=CCCCC.CCCCOOCCCC. The maximum atomic E-state index is 4.88. The fraction of sp³-hybridized carbons (Fsp3) is 0.857. The van der Waals surface area contributed by atoms with E-state index in [0.717, 1.165) is 38.9 Å². The largest absolute Gasteiger partial charge is 0.237 e. The molecule has 0 aromatic rings. The first kappa shape index (κ1) is 18.0. The second kappa shape index (κ2) is 20.1. The molecule has 0 aliphatic rings. The zero-order valence-electron chi connectivity index (χ0n) is 11.5. The van der Waals surface area contributed by atoms with E-state index in [0.29, 0.717) is 0 Å². The summed E-state index contributed by atoms with van der Waals surface area (Å²) in [4.78, 5) is 9.75. The predicted octanol–water partition coefficient (Wildman–Crippen LogP) is 4.90. The summed E-state index contributed by atoms with van der Waals surface area (Å²) in [6.45, 7) is 11.5. The summed E-state index contributed by atoms with van der Waals surface area (Å²) in [5.74, 6) is 0. The van der Waals surface area contributed by atoms with Crippen LogP contribution < -0.4 is 0 Å². The van der Waals surface area contributed by atoms with Gasteiger partial charge in [-0.15, -0.1) is 6.58 Å². The van der Waals surface area contributed by atoms with Crippen LogP contribution in [0.1, 0.15) is 65.7 Å². The number of rotatable bonds is 10. The lowest BCUT2D eigenvalue weighted by Gasteiger charge is -2.00. The van der Waals surface area contributed by atoms with Gasteiger partial charge in [-0.3, -0.25) is 0 Å². The van der Waals surface area contributed by atoms with Gasteiger partial charge in [0.1, 0.15) is 0 Å². The van der Waals surface area contributed by atoms with Crippen molar-refractivity contribution >= 4 is 0 Å². The molecule has 0 spiro atoms. The zero-order chi connectivity index (χ0) is 12.5. The third-order valence-electron chi connectivity index (χ3n) is 2.01. The Labute approximate surface area is 102 Å². The predicted molar refractivity (Wildman–Crippen MR) is 71.4 cm³/mol. The monoisotopic (exact) mass is 230 g/mol. The van der Waals surface area contributed by atoms with Gasteiger partial charge >= 0.3 is 0 Å². The fourth-order valence-electron chi connectivity index (χ4n) is 0.873. The lowest BCUT2D eigenvalue weighted by Crippen LogP contribution is -1.97. The second-order valence-electron chi connectivity index (χ2n) is 3.78. The minimum atomic E-state index is 0.736. The van der Waals surface area contributed by atoms with Crippen molar-refractivity contribution in [3.8, 4) is 0 Å². The topological polar surface area (TPSA) is 18.5 Å². The molecule has 0 radical (unpaired) electrons. The average Bonchev–Trinajstić information content (AvgIpc) is 2.32. The van der Waals surface area contributed by atoms with Crippen LogP contribution in [0, 0.1) is 0 Å². The molecule has 0 aliphatic heterocycles. The smallest absolute Gasteiger partial charge is 0.0822 e. The van der Waals surface area contributed by atoms with E-state index in [2.05, 4.69) is 27.4 Å². The molecule has 0 aromatic heterocycles. The summed E-state index contributed by atoms with van der Waals surface area (Å²) in [5.41, 5.74) is 0. The molecule has 0 rings (SSSR count). The van der Waals surface area contributed by atoms with E-state index < -0.39 is 0 Å². The van der Waals surface area contributed by atoms with E-state index >= 15 is 0 Å². The Morgan fingerprint density at radius 3 is 1.50 bits per heavy atom. The van der Waals surface area contributed by atoms with Crippen molar-refractivity contribution in [2.24, 2.45) is 0 Å². The van der Waals surface area contributed by atoms with Gasteiger partial charge in [-0.2, -0.15) is 0 Å². The summed E-state index contributed by atoms with van der Waals surface area (Å²) in [6.07, 6.45) is 10.2. The van der Waals surface area contributed by atoms with Crippen molar-refractivity contribution in [2.45, 2.75) is 65.7 Å². The van der Waals surface area contributed by atoms with Crippen molar-refractivity contribution in [1.82, 2.24) is 0 Å². The highest BCUT2D eigenvalue weighted by Gasteiger charge is 1.86. The Hall–Kier alpha value is -0.340. The lowest BCUT2D eigenvalue weighted by atomic mass is 10.3.